The lowest BCUT2D eigenvalue weighted by molar-refractivity contribution is 0.0692. The number of pyridine rings is 1. The molecule has 19 heavy (non-hydrogen) atoms. The van der Waals surface area contributed by atoms with Gasteiger partial charge < -0.3 is 5.11 Å². The molecule has 0 aliphatic heterocycles. The molecule has 4 heteroatoms. The number of rotatable bonds is 3. The maximum Gasteiger partial charge on any atom is 0.338 e. The molecule has 1 aromatic carbocycles. The third-order valence-electron chi connectivity index (χ3n) is 3.50. The van der Waals surface area contributed by atoms with E-state index in [1.165, 1.54) is 12.8 Å². The molecule has 0 amide bonds. The van der Waals surface area contributed by atoms with Crippen molar-refractivity contribution < 1.29 is 9.90 Å². The fourth-order valence-corrected chi connectivity index (χ4v) is 3.81. The minimum atomic E-state index is -0.890. The Morgan fingerprint density at radius 2 is 2.00 bits per heavy atom. The highest BCUT2D eigenvalue weighted by Crippen LogP contribution is 2.36. The van der Waals surface area contributed by atoms with Gasteiger partial charge in [-0.2, -0.15) is 0 Å². The Kier molecular flexibility index (Phi) is 3.42. The van der Waals surface area contributed by atoms with Gasteiger partial charge in [0, 0.05) is 10.6 Å². The third kappa shape index (κ3) is 2.59. The van der Waals surface area contributed by atoms with Crippen molar-refractivity contribution in [3.63, 3.8) is 0 Å². The van der Waals surface area contributed by atoms with Crippen LogP contribution in [0.3, 0.4) is 0 Å². The van der Waals surface area contributed by atoms with Gasteiger partial charge >= 0.3 is 5.97 Å². The highest BCUT2D eigenvalue weighted by molar-refractivity contribution is 7.99. The number of fused-ring (bicyclic) bond motifs is 1. The number of para-hydroxylation sites is 1. The quantitative estimate of drug-likeness (QED) is 0.919. The molecule has 0 radical (unpaired) electrons. The molecule has 0 unspecified atom stereocenters. The number of hydrogen-bond acceptors (Lipinski definition) is 3. The van der Waals surface area contributed by atoms with Crippen molar-refractivity contribution in [2.24, 2.45) is 0 Å². The van der Waals surface area contributed by atoms with Gasteiger partial charge in [-0.15, -0.1) is 11.8 Å². The van der Waals surface area contributed by atoms with E-state index < -0.39 is 5.97 Å². The SMILES string of the molecule is O=C(O)c1cc2ccccc2nc1SC1CCCC1. The molecule has 1 aliphatic rings. The van der Waals surface area contributed by atoms with Gasteiger partial charge in [-0.1, -0.05) is 31.0 Å². The number of carboxylic acid groups (broad SMARTS) is 1. The average Bonchev–Trinajstić information content (AvgIpc) is 2.90. The van der Waals surface area contributed by atoms with Gasteiger partial charge in [0.25, 0.3) is 0 Å². The fourth-order valence-electron chi connectivity index (χ4n) is 2.51. The number of benzene rings is 1. The number of hydrogen-bond donors (Lipinski definition) is 1. The van der Waals surface area contributed by atoms with E-state index in [9.17, 15) is 9.90 Å². The minimum Gasteiger partial charge on any atom is -0.478 e. The number of carboxylic acids is 1. The van der Waals surface area contributed by atoms with Crippen molar-refractivity contribution in [3.8, 4) is 0 Å². The second-order valence-corrected chi connectivity index (χ2v) is 6.15. The molecule has 2 aromatic rings. The second-order valence-electron chi connectivity index (χ2n) is 4.86. The molecule has 1 N–H and O–H groups in total. The Morgan fingerprint density at radius 1 is 1.26 bits per heavy atom. The summed E-state index contributed by atoms with van der Waals surface area (Å²) in [6, 6.07) is 9.40. The lowest BCUT2D eigenvalue weighted by atomic mass is 10.1. The van der Waals surface area contributed by atoms with Crippen LogP contribution in [0.4, 0.5) is 0 Å². The summed E-state index contributed by atoms with van der Waals surface area (Å²) in [6.45, 7) is 0. The molecule has 1 heterocycles. The predicted molar refractivity (Wildman–Crippen MR) is 76.8 cm³/mol. The van der Waals surface area contributed by atoms with Crippen LogP contribution in [0.25, 0.3) is 10.9 Å². The zero-order valence-electron chi connectivity index (χ0n) is 10.5. The van der Waals surface area contributed by atoms with Crippen LogP contribution in [-0.2, 0) is 0 Å². The first kappa shape index (κ1) is 12.5. The molecule has 1 aliphatic carbocycles. The zero-order valence-corrected chi connectivity index (χ0v) is 11.3. The molecule has 0 atom stereocenters. The Balaban J connectivity index is 2.04. The van der Waals surface area contributed by atoms with E-state index in [0.29, 0.717) is 15.8 Å². The van der Waals surface area contributed by atoms with E-state index >= 15 is 0 Å². The van der Waals surface area contributed by atoms with Crippen molar-refractivity contribution in [3.05, 3.63) is 35.9 Å². The smallest absolute Gasteiger partial charge is 0.338 e. The van der Waals surface area contributed by atoms with Crippen LogP contribution in [0.5, 0.6) is 0 Å². The molecule has 98 valence electrons. The molecule has 3 rings (SSSR count). The van der Waals surface area contributed by atoms with Crippen LogP contribution in [0.2, 0.25) is 0 Å². The lowest BCUT2D eigenvalue weighted by Crippen LogP contribution is -2.04. The van der Waals surface area contributed by atoms with E-state index in [4.69, 9.17) is 0 Å². The molecular formula is C15H15NO2S. The molecule has 0 spiro atoms. The highest BCUT2D eigenvalue weighted by atomic mass is 32.2. The summed E-state index contributed by atoms with van der Waals surface area (Å²) in [5, 5.41) is 11.4. The largest absolute Gasteiger partial charge is 0.478 e. The van der Waals surface area contributed by atoms with Gasteiger partial charge in [-0.05, 0) is 25.0 Å². The van der Waals surface area contributed by atoms with E-state index in [0.717, 1.165) is 23.7 Å². The highest BCUT2D eigenvalue weighted by Gasteiger charge is 2.21. The van der Waals surface area contributed by atoms with E-state index in [-0.39, 0.29) is 0 Å². The molecule has 1 fully saturated rings. The molecule has 1 saturated carbocycles. The summed E-state index contributed by atoms with van der Waals surface area (Å²) >= 11 is 1.63. The Hall–Kier alpha value is -1.55. The van der Waals surface area contributed by atoms with Crippen molar-refractivity contribution >= 4 is 28.6 Å². The molecule has 0 bridgehead atoms. The van der Waals surface area contributed by atoms with Crippen molar-refractivity contribution in [1.29, 1.82) is 0 Å². The number of nitrogens with zero attached hydrogens (tertiary/aromatic N) is 1. The van der Waals surface area contributed by atoms with Gasteiger partial charge in [0.05, 0.1) is 11.1 Å². The number of aromatic nitrogens is 1. The standard InChI is InChI=1S/C15H15NO2S/c17-15(18)12-9-10-5-1-4-8-13(10)16-14(12)19-11-6-2-3-7-11/h1,4-5,8-9,11H,2-3,6-7H2,(H,17,18). The summed E-state index contributed by atoms with van der Waals surface area (Å²) in [5.41, 5.74) is 1.20. The van der Waals surface area contributed by atoms with Crippen LogP contribution < -0.4 is 0 Å². The van der Waals surface area contributed by atoms with Crippen LogP contribution in [-0.4, -0.2) is 21.3 Å². The van der Waals surface area contributed by atoms with Crippen molar-refractivity contribution in [1.82, 2.24) is 4.98 Å². The maximum absolute atomic E-state index is 11.4. The minimum absolute atomic E-state index is 0.329. The summed E-state index contributed by atoms with van der Waals surface area (Å²) in [7, 11) is 0. The summed E-state index contributed by atoms with van der Waals surface area (Å²) < 4.78 is 0. The molecule has 0 saturated heterocycles. The van der Waals surface area contributed by atoms with Crippen LogP contribution >= 0.6 is 11.8 Å². The first-order valence-corrected chi connectivity index (χ1v) is 7.42. The fraction of sp³-hybridized carbons (Fsp3) is 0.333. The predicted octanol–water partition coefficient (Wildman–Crippen LogP) is 3.97. The maximum atomic E-state index is 11.4. The van der Waals surface area contributed by atoms with Crippen LogP contribution in [0.1, 0.15) is 36.0 Å². The molecular weight excluding hydrogens is 258 g/mol. The van der Waals surface area contributed by atoms with E-state index in [1.807, 2.05) is 24.3 Å². The normalized spacial score (nSPS) is 16.0. The zero-order chi connectivity index (χ0) is 13.2. The van der Waals surface area contributed by atoms with E-state index in [1.54, 1.807) is 17.8 Å². The first-order chi connectivity index (χ1) is 9.24. The second kappa shape index (κ2) is 5.21. The Labute approximate surface area is 116 Å². The molecule has 3 nitrogen and oxygen atoms in total. The first-order valence-electron chi connectivity index (χ1n) is 6.54. The summed E-state index contributed by atoms with van der Waals surface area (Å²) in [4.78, 5) is 15.9. The van der Waals surface area contributed by atoms with Gasteiger partial charge in [-0.25, -0.2) is 9.78 Å². The van der Waals surface area contributed by atoms with Crippen molar-refractivity contribution in [2.45, 2.75) is 36.0 Å². The topological polar surface area (TPSA) is 50.2 Å². The van der Waals surface area contributed by atoms with Gasteiger partial charge in [-0.3, -0.25) is 0 Å². The average molecular weight is 273 g/mol. The van der Waals surface area contributed by atoms with Gasteiger partial charge in [0.1, 0.15) is 5.03 Å². The monoisotopic (exact) mass is 273 g/mol. The van der Waals surface area contributed by atoms with E-state index in [2.05, 4.69) is 4.98 Å². The number of carbonyl (C=O) groups is 1. The number of thioether (sulfide) groups is 1. The van der Waals surface area contributed by atoms with Gasteiger partial charge in [0.15, 0.2) is 0 Å². The third-order valence-corrected chi connectivity index (χ3v) is 4.84. The summed E-state index contributed by atoms with van der Waals surface area (Å²) in [6.07, 6.45) is 4.82. The Bertz CT molecular complexity index is 621. The Morgan fingerprint density at radius 3 is 2.74 bits per heavy atom. The number of aromatic carboxylic acids is 1. The lowest BCUT2D eigenvalue weighted by Gasteiger charge is -2.11. The van der Waals surface area contributed by atoms with Crippen LogP contribution in [0, 0.1) is 0 Å². The summed E-state index contributed by atoms with van der Waals surface area (Å²) in [5.74, 6) is -0.890. The van der Waals surface area contributed by atoms with Crippen LogP contribution in [0.15, 0.2) is 35.4 Å². The van der Waals surface area contributed by atoms with Crippen molar-refractivity contribution in [2.75, 3.05) is 0 Å². The molecule has 1 aromatic heterocycles. The van der Waals surface area contributed by atoms with Gasteiger partial charge in [0.2, 0.25) is 0 Å².